The van der Waals surface area contributed by atoms with Crippen LogP contribution in [0, 0.1) is 6.92 Å². The highest BCUT2D eigenvalue weighted by Crippen LogP contribution is 2.24. The maximum Gasteiger partial charge on any atom is 0.258 e. The lowest BCUT2D eigenvalue weighted by molar-refractivity contribution is 0.0778. The zero-order valence-electron chi connectivity index (χ0n) is 12.9. The van der Waals surface area contributed by atoms with Gasteiger partial charge in [-0.05, 0) is 44.4 Å². The number of hydrogen-bond donors (Lipinski definition) is 0. The average molecular weight is 291 g/mol. The smallest absolute Gasteiger partial charge is 0.258 e. The molecule has 0 fully saturated rings. The van der Waals surface area contributed by atoms with E-state index in [1.54, 1.807) is 0 Å². The number of benzene rings is 1. The van der Waals surface area contributed by atoms with E-state index in [-0.39, 0.29) is 11.9 Å². The fourth-order valence-electron chi connectivity index (χ4n) is 2.83. The molecule has 2 aliphatic carbocycles. The molecular weight excluding hydrogens is 270 g/mol. The fourth-order valence-corrected chi connectivity index (χ4v) is 2.83. The van der Waals surface area contributed by atoms with Crippen molar-refractivity contribution in [1.29, 1.82) is 0 Å². The third-order valence-electron chi connectivity index (χ3n) is 4.06. The predicted octanol–water partition coefficient (Wildman–Crippen LogP) is 4.56. The van der Waals surface area contributed by atoms with E-state index in [0.717, 1.165) is 30.5 Å². The average Bonchev–Trinajstić information content (AvgIpc) is 2.57. The zero-order chi connectivity index (χ0) is 15.4. The van der Waals surface area contributed by atoms with E-state index >= 15 is 0 Å². The molecular formula is C20H21NO. The molecule has 2 heteroatoms. The maximum absolute atomic E-state index is 13.0. The Labute approximate surface area is 132 Å². The summed E-state index contributed by atoms with van der Waals surface area (Å²) in [7, 11) is 0. The normalized spacial score (nSPS) is 19.9. The second kappa shape index (κ2) is 6.61. The summed E-state index contributed by atoms with van der Waals surface area (Å²) in [6.45, 7) is 2.03. The van der Waals surface area contributed by atoms with Gasteiger partial charge in [0.15, 0.2) is 0 Å². The van der Waals surface area contributed by atoms with E-state index < -0.39 is 0 Å². The SMILES string of the molecule is Cc1ccc(C(=O)N(C2=CCCC=C2)[C@H]2C=CC=CC2)cc1. The zero-order valence-corrected chi connectivity index (χ0v) is 12.9. The Balaban J connectivity index is 1.93. The minimum Gasteiger partial charge on any atom is -0.301 e. The van der Waals surface area contributed by atoms with Crippen molar-refractivity contribution in [1.82, 2.24) is 4.90 Å². The first kappa shape index (κ1) is 14.6. The molecule has 0 spiro atoms. The Hall–Kier alpha value is -2.35. The standard InChI is InChI=1S/C20H21NO/c1-16-12-14-17(15-13-16)20(22)21(18-8-4-2-5-9-18)19-10-6-3-7-11-19/h2,4-6,8,10-15,18H,3,7,9H2,1H3/t18-/m0/s1. The van der Waals surface area contributed by atoms with Gasteiger partial charge in [0, 0.05) is 11.3 Å². The molecule has 2 nitrogen and oxygen atoms in total. The Morgan fingerprint density at radius 2 is 1.91 bits per heavy atom. The van der Waals surface area contributed by atoms with Crippen LogP contribution in [0.15, 0.2) is 72.5 Å². The second-order valence-corrected chi connectivity index (χ2v) is 5.77. The van der Waals surface area contributed by atoms with Crippen LogP contribution in [0.2, 0.25) is 0 Å². The van der Waals surface area contributed by atoms with Gasteiger partial charge in [0.1, 0.15) is 0 Å². The van der Waals surface area contributed by atoms with E-state index in [9.17, 15) is 4.79 Å². The van der Waals surface area contributed by atoms with Crippen molar-refractivity contribution in [2.45, 2.75) is 32.2 Å². The summed E-state index contributed by atoms with van der Waals surface area (Å²) in [6, 6.07) is 7.91. The number of aryl methyl sites for hydroxylation is 1. The Bertz CT molecular complexity index is 661. The van der Waals surface area contributed by atoms with Crippen LogP contribution < -0.4 is 0 Å². The van der Waals surface area contributed by atoms with Crippen molar-refractivity contribution in [2.75, 3.05) is 0 Å². The molecule has 0 unspecified atom stereocenters. The molecule has 2 aliphatic rings. The minimum atomic E-state index is 0.0720. The van der Waals surface area contributed by atoms with Gasteiger partial charge in [-0.15, -0.1) is 0 Å². The van der Waals surface area contributed by atoms with Crippen LogP contribution in [0.5, 0.6) is 0 Å². The van der Waals surface area contributed by atoms with Crippen LogP contribution in [0.1, 0.15) is 35.2 Å². The topological polar surface area (TPSA) is 20.3 Å². The molecule has 0 bridgehead atoms. The number of hydrogen-bond acceptors (Lipinski definition) is 1. The lowest BCUT2D eigenvalue weighted by atomic mass is 10.0. The molecule has 0 heterocycles. The van der Waals surface area contributed by atoms with Gasteiger partial charge in [-0.2, -0.15) is 0 Å². The lowest BCUT2D eigenvalue weighted by Crippen LogP contribution is -2.38. The Morgan fingerprint density at radius 3 is 2.55 bits per heavy atom. The molecule has 0 radical (unpaired) electrons. The van der Waals surface area contributed by atoms with Gasteiger partial charge >= 0.3 is 0 Å². The molecule has 0 aliphatic heterocycles. The summed E-state index contributed by atoms with van der Waals surface area (Å²) in [5, 5.41) is 0. The molecule has 1 atom stereocenters. The van der Waals surface area contributed by atoms with Crippen molar-refractivity contribution in [3.8, 4) is 0 Å². The third-order valence-corrected chi connectivity index (χ3v) is 4.06. The van der Waals surface area contributed by atoms with E-state index in [2.05, 4.69) is 30.4 Å². The maximum atomic E-state index is 13.0. The van der Waals surface area contributed by atoms with Crippen LogP contribution >= 0.6 is 0 Å². The molecule has 1 aromatic rings. The second-order valence-electron chi connectivity index (χ2n) is 5.77. The summed E-state index contributed by atoms with van der Waals surface area (Å²) in [6.07, 6.45) is 17.6. The van der Waals surface area contributed by atoms with Gasteiger partial charge in [-0.3, -0.25) is 4.79 Å². The first-order valence-corrected chi connectivity index (χ1v) is 7.86. The van der Waals surface area contributed by atoms with Crippen LogP contribution in [0.4, 0.5) is 0 Å². The predicted molar refractivity (Wildman–Crippen MR) is 90.5 cm³/mol. The molecule has 0 saturated carbocycles. The first-order chi connectivity index (χ1) is 10.8. The van der Waals surface area contributed by atoms with Crippen molar-refractivity contribution in [3.05, 3.63) is 83.6 Å². The number of rotatable bonds is 3. The summed E-state index contributed by atoms with van der Waals surface area (Å²) in [5.74, 6) is 0.0720. The quantitative estimate of drug-likeness (QED) is 0.799. The summed E-state index contributed by atoms with van der Waals surface area (Å²) < 4.78 is 0. The number of carbonyl (C=O) groups is 1. The number of nitrogens with zero attached hydrogens (tertiary/aromatic N) is 1. The van der Waals surface area contributed by atoms with Crippen LogP contribution in [-0.2, 0) is 0 Å². The van der Waals surface area contributed by atoms with E-state index in [1.807, 2.05) is 48.2 Å². The van der Waals surface area contributed by atoms with Crippen LogP contribution in [0.3, 0.4) is 0 Å². The van der Waals surface area contributed by atoms with E-state index in [0.29, 0.717) is 0 Å². The van der Waals surface area contributed by atoms with E-state index in [1.165, 1.54) is 5.56 Å². The number of allylic oxidation sites excluding steroid dienone is 5. The number of carbonyl (C=O) groups excluding carboxylic acids is 1. The van der Waals surface area contributed by atoms with Gasteiger partial charge in [0.05, 0.1) is 6.04 Å². The van der Waals surface area contributed by atoms with Crippen molar-refractivity contribution in [2.24, 2.45) is 0 Å². The molecule has 1 amide bonds. The van der Waals surface area contributed by atoms with Crippen molar-refractivity contribution < 1.29 is 4.79 Å². The largest absolute Gasteiger partial charge is 0.301 e. The highest BCUT2D eigenvalue weighted by molar-refractivity contribution is 5.96. The van der Waals surface area contributed by atoms with Crippen molar-refractivity contribution >= 4 is 5.91 Å². The Morgan fingerprint density at radius 1 is 1.09 bits per heavy atom. The van der Waals surface area contributed by atoms with Gasteiger partial charge in [-0.1, -0.05) is 54.2 Å². The summed E-state index contributed by atoms with van der Waals surface area (Å²) >= 11 is 0. The lowest BCUT2D eigenvalue weighted by Gasteiger charge is -2.32. The Kier molecular flexibility index (Phi) is 4.38. The molecule has 22 heavy (non-hydrogen) atoms. The summed E-state index contributed by atoms with van der Waals surface area (Å²) in [5.41, 5.74) is 2.93. The van der Waals surface area contributed by atoms with E-state index in [4.69, 9.17) is 0 Å². The molecule has 112 valence electrons. The molecule has 1 aromatic carbocycles. The fraction of sp³-hybridized carbons (Fsp3) is 0.250. The van der Waals surface area contributed by atoms with Crippen LogP contribution in [-0.4, -0.2) is 16.8 Å². The van der Waals surface area contributed by atoms with Crippen LogP contribution in [0.25, 0.3) is 0 Å². The molecule has 0 N–H and O–H groups in total. The van der Waals surface area contributed by atoms with Gasteiger partial charge < -0.3 is 4.90 Å². The highest BCUT2D eigenvalue weighted by atomic mass is 16.2. The molecule has 0 aromatic heterocycles. The van der Waals surface area contributed by atoms with Gasteiger partial charge in [0.25, 0.3) is 5.91 Å². The summed E-state index contributed by atoms with van der Waals surface area (Å²) in [4.78, 5) is 15.0. The monoisotopic (exact) mass is 291 g/mol. The number of amides is 1. The molecule has 0 saturated heterocycles. The van der Waals surface area contributed by atoms with Gasteiger partial charge in [0.2, 0.25) is 0 Å². The highest BCUT2D eigenvalue weighted by Gasteiger charge is 2.25. The third kappa shape index (κ3) is 3.11. The minimum absolute atomic E-state index is 0.0720. The van der Waals surface area contributed by atoms with Gasteiger partial charge in [-0.25, -0.2) is 0 Å². The molecule has 3 rings (SSSR count). The first-order valence-electron chi connectivity index (χ1n) is 7.86. The van der Waals surface area contributed by atoms with Crippen molar-refractivity contribution in [3.63, 3.8) is 0 Å².